The average Bonchev–Trinajstić information content (AvgIpc) is 3.89. The number of anilines is 3. The number of fused-ring (bicyclic) bond motifs is 4. The molecule has 5 aromatic rings. The molecule has 0 aromatic heterocycles. The van der Waals surface area contributed by atoms with E-state index in [9.17, 15) is 14.7 Å². The van der Waals surface area contributed by atoms with Crippen molar-refractivity contribution in [3.05, 3.63) is 138 Å². The number of ether oxygens (including phenoxy) is 3. The van der Waals surface area contributed by atoms with Crippen molar-refractivity contribution in [2.45, 2.75) is 69.1 Å². The molecule has 5 atom stereocenters. The van der Waals surface area contributed by atoms with Crippen LogP contribution in [0.3, 0.4) is 0 Å². The summed E-state index contributed by atoms with van der Waals surface area (Å²) in [4.78, 5) is 49.9. The summed E-state index contributed by atoms with van der Waals surface area (Å²) >= 11 is 0. The van der Waals surface area contributed by atoms with E-state index in [2.05, 4.69) is 32.2 Å². The van der Waals surface area contributed by atoms with E-state index >= 15 is 4.79 Å². The maximum absolute atomic E-state index is 15.6. The van der Waals surface area contributed by atoms with Crippen molar-refractivity contribution in [1.29, 1.82) is 0 Å². The van der Waals surface area contributed by atoms with Gasteiger partial charge < -0.3 is 29.1 Å². The molecule has 4 aliphatic rings. The topological polar surface area (TPSA) is 109 Å². The Morgan fingerprint density at radius 1 is 0.881 bits per heavy atom. The summed E-state index contributed by atoms with van der Waals surface area (Å²) in [5.41, 5.74) is 2.23. The molecule has 302 valence electrons. The largest absolute Gasteiger partial charge is 0.497 e. The Morgan fingerprint density at radius 2 is 1.59 bits per heavy atom. The molecule has 5 aromatic carbocycles. The molecule has 2 saturated heterocycles. The van der Waals surface area contributed by atoms with Crippen molar-refractivity contribution in [3.8, 4) is 17.2 Å². The van der Waals surface area contributed by atoms with Crippen LogP contribution in [-0.4, -0.2) is 68.2 Å². The molecule has 9 rings (SSSR count). The van der Waals surface area contributed by atoms with E-state index in [1.807, 2.05) is 102 Å². The minimum Gasteiger partial charge on any atom is -0.497 e. The zero-order valence-corrected chi connectivity index (χ0v) is 34.8. The fourth-order valence-electron chi connectivity index (χ4n) is 10.3. The number of aliphatic hydroxyl groups is 1. The van der Waals surface area contributed by atoms with Gasteiger partial charge in [0.15, 0.2) is 11.4 Å². The van der Waals surface area contributed by atoms with E-state index in [-0.39, 0.29) is 48.3 Å². The van der Waals surface area contributed by atoms with Gasteiger partial charge in [-0.05, 0) is 78.5 Å². The third-order valence-corrected chi connectivity index (χ3v) is 17.6. The fourth-order valence-corrected chi connectivity index (χ4v) is 14.3. The van der Waals surface area contributed by atoms with Crippen LogP contribution in [0.1, 0.15) is 47.7 Å². The van der Waals surface area contributed by atoms with E-state index in [0.29, 0.717) is 52.8 Å². The zero-order chi connectivity index (χ0) is 41.1. The highest BCUT2D eigenvalue weighted by Gasteiger charge is 2.66. The van der Waals surface area contributed by atoms with Gasteiger partial charge in [-0.15, -0.1) is 0 Å². The fraction of sp³-hybridized carbons (Fsp3) is 0.312. The number of amides is 3. The Kier molecular flexibility index (Phi) is 9.93. The molecule has 1 spiro atoms. The quantitative estimate of drug-likeness (QED) is 0.151. The predicted molar refractivity (Wildman–Crippen MR) is 230 cm³/mol. The van der Waals surface area contributed by atoms with Crippen LogP contribution < -0.4 is 24.5 Å². The molecule has 0 aliphatic carbocycles. The summed E-state index contributed by atoms with van der Waals surface area (Å²) in [6.45, 7) is 7.50. The van der Waals surface area contributed by atoms with Gasteiger partial charge in [0.2, 0.25) is 5.91 Å². The minimum absolute atomic E-state index is 0.0763. The van der Waals surface area contributed by atoms with Gasteiger partial charge in [0.1, 0.15) is 11.5 Å². The summed E-state index contributed by atoms with van der Waals surface area (Å²) in [5.74, 6) is 0.839. The van der Waals surface area contributed by atoms with Gasteiger partial charge in [-0.2, -0.15) is 0 Å². The number of aliphatic hydroxyl groups excluding tert-OH is 1. The number of likely N-dealkylation sites (tertiary alicyclic amines) is 1. The highest BCUT2D eigenvalue weighted by Crippen LogP contribution is 2.61. The maximum atomic E-state index is 15.6. The number of hydrogen-bond acceptors (Lipinski definition) is 7. The molecule has 1 N–H and O–H groups in total. The first-order chi connectivity index (χ1) is 28.6. The number of nitrogens with zero attached hydrogens (tertiary/aromatic N) is 3. The van der Waals surface area contributed by atoms with Crippen LogP contribution >= 0.6 is 0 Å². The number of hydrogen-bond donors (Lipinski definition) is 1. The lowest BCUT2D eigenvalue weighted by Gasteiger charge is -2.37. The first-order valence-corrected chi connectivity index (χ1v) is 23.6. The van der Waals surface area contributed by atoms with E-state index in [0.717, 1.165) is 29.3 Å². The molecule has 4 heterocycles. The molecule has 0 radical (unpaired) electrons. The van der Waals surface area contributed by atoms with Crippen molar-refractivity contribution in [2.24, 2.45) is 5.92 Å². The second kappa shape index (κ2) is 15.1. The summed E-state index contributed by atoms with van der Waals surface area (Å²) in [7, 11) is -0.935. The van der Waals surface area contributed by atoms with Crippen molar-refractivity contribution < 1.29 is 33.7 Å². The molecule has 4 aliphatic heterocycles. The third kappa shape index (κ3) is 6.34. The van der Waals surface area contributed by atoms with Gasteiger partial charge in [0, 0.05) is 23.7 Å². The molecule has 2 fully saturated rings. The summed E-state index contributed by atoms with van der Waals surface area (Å²) in [6, 6.07) is 38.3. The molecule has 11 heteroatoms. The molecular weight excluding hydrogens is 759 g/mol. The van der Waals surface area contributed by atoms with E-state index < -0.39 is 19.8 Å². The van der Waals surface area contributed by atoms with Crippen molar-refractivity contribution >= 4 is 48.0 Å². The van der Waals surface area contributed by atoms with E-state index in [1.165, 1.54) is 0 Å². The smallest absolute Gasteiger partial charge is 0.266 e. The number of benzene rings is 5. The molecule has 0 saturated carbocycles. The van der Waals surface area contributed by atoms with Crippen molar-refractivity contribution in [1.82, 2.24) is 4.90 Å². The number of para-hydroxylation sites is 3. The number of carbonyl (C=O) groups is 3. The highest BCUT2D eigenvalue weighted by molar-refractivity contribution is 6.91. The molecule has 3 amide bonds. The predicted octanol–water partition coefficient (Wildman–Crippen LogP) is 7.92. The maximum Gasteiger partial charge on any atom is 0.266 e. The Balaban J connectivity index is 1.21. The Labute approximate surface area is 345 Å². The third-order valence-electron chi connectivity index (χ3n) is 13.2. The second-order valence-corrected chi connectivity index (χ2v) is 21.4. The molecule has 10 nitrogen and oxygen atoms in total. The van der Waals surface area contributed by atoms with Gasteiger partial charge in [-0.1, -0.05) is 91.9 Å². The second-order valence-electron chi connectivity index (χ2n) is 16.7. The van der Waals surface area contributed by atoms with Crippen LogP contribution in [0.2, 0.25) is 18.6 Å². The first kappa shape index (κ1) is 38.7. The van der Waals surface area contributed by atoms with Gasteiger partial charge in [-0.3, -0.25) is 19.3 Å². The Hall–Kier alpha value is -5.75. The van der Waals surface area contributed by atoms with Crippen LogP contribution in [0.15, 0.2) is 121 Å². The molecular formula is C48H49N3O7Si. The van der Waals surface area contributed by atoms with Gasteiger partial charge in [-0.25, -0.2) is 0 Å². The van der Waals surface area contributed by atoms with Crippen LogP contribution in [0.25, 0.3) is 0 Å². The molecule has 0 bridgehead atoms. The Bertz CT molecular complexity index is 2420. The van der Waals surface area contributed by atoms with Crippen LogP contribution in [-0.2, 0) is 26.5 Å². The van der Waals surface area contributed by atoms with Crippen LogP contribution in [0, 0.1) is 5.92 Å². The molecule has 0 unspecified atom stereocenters. The SMILES string of the molecule is COc1ccc([Si](C)(C)[C@@H]2[C@@H](CC(=O)N3CCC[C@H]3CO)O[C@]3(C(=O)N(Cc4ccccc4)c4ccc(N5C(=O)c6ccccc6Oc6ccccc65)cc43)[C@H]2C)cc1. The lowest BCUT2D eigenvalue weighted by Crippen LogP contribution is -2.52. The van der Waals surface area contributed by atoms with Crippen LogP contribution in [0.4, 0.5) is 17.1 Å². The number of rotatable bonds is 9. The first-order valence-electron chi connectivity index (χ1n) is 20.5. The van der Waals surface area contributed by atoms with Gasteiger partial charge in [0.25, 0.3) is 11.8 Å². The Morgan fingerprint density at radius 3 is 2.34 bits per heavy atom. The lowest BCUT2D eigenvalue weighted by molar-refractivity contribution is -0.150. The van der Waals surface area contributed by atoms with Crippen LogP contribution in [0.5, 0.6) is 17.2 Å². The normalized spacial score (nSPS) is 23.5. The highest BCUT2D eigenvalue weighted by atomic mass is 28.3. The lowest BCUT2D eigenvalue weighted by atomic mass is 9.82. The minimum atomic E-state index is -2.58. The summed E-state index contributed by atoms with van der Waals surface area (Å²) < 4.78 is 19.3. The number of carbonyl (C=O) groups excluding carboxylic acids is 3. The van der Waals surface area contributed by atoms with E-state index in [1.54, 1.807) is 29.0 Å². The average molecular weight is 808 g/mol. The van der Waals surface area contributed by atoms with Gasteiger partial charge >= 0.3 is 0 Å². The van der Waals surface area contributed by atoms with Crippen molar-refractivity contribution in [3.63, 3.8) is 0 Å². The zero-order valence-electron chi connectivity index (χ0n) is 33.8. The molecule has 59 heavy (non-hydrogen) atoms. The van der Waals surface area contributed by atoms with Crippen molar-refractivity contribution in [2.75, 3.05) is 30.1 Å². The summed E-state index contributed by atoms with van der Waals surface area (Å²) in [5, 5.41) is 11.4. The monoisotopic (exact) mass is 807 g/mol. The van der Waals surface area contributed by atoms with Gasteiger partial charge in [0.05, 0.1) is 63.8 Å². The van der Waals surface area contributed by atoms with E-state index in [4.69, 9.17) is 14.2 Å². The standard InChI is InChI=1S/C48H49N3O7Si/c1-31-45(59(3,4)36-23-21-35(56-2)22-24-36)43(28-44(53)49-26-12-15-34(49)30-52)58-48(31)38-27-33(20-25-39(38)50(47(48)55)29-32-13-6-5-7-14-32)51-40-17-9-11-19-42(40)57-41-18-10-8-16-37(41)46(51)54/h5-11,13-14,16-25,27,31,34,43,45,52H,12,15,26,28-30H2,1-4H3/t31-,34-,43+,45-,48+/m0/s1. The number of methoxy groups -OCH3 is 1. The summed E-state index contributed by atoms with van der Waals surface area (Å²) in [6.07, 6.45) is 1.04.